The Bertz CT molecular complexity index is 635. The predicted octanol–water partition coefficient (Wildman–Crippen LogP) is -1.02. The molecule has 2 aromatic rings. The number of nitrogens with zero attached hydrogens (tertiary/aromatic N) is 4. The van der Waals surface area contributed by atoms with E-state index < -0.39 is 11.9 Å². The van der Waals surface area contributed by atoms with Gasteiger partial charge in [-0.3, -0.25) is 9.20 Å². The molecule has 0 atom stereocenters. The van der Waals surface area contributed by atoms with Crippen LogP contribution in [0.2, 0.25) is 0 Å². The first-order valence-corrected chi connectivity index (χ1v) is 5.02. The van der Waals surface area contributed by atoms with E-state index in [1.165, 1.54) is 10.6 Å². The summed E-state index contributed by atoms with van der Waals surface area (Å²) >= 11 is 0. The Hall–Kier alpha value is -2.71. The van der Waals surface area contributed by atoms with Crippen molar-refractivity contribution in [2.75, 3.05) is 12.3 Å². The third kappa shape index (κ3) is 1.81. The van der Waals surface area contributed by atoms with E-state index in [0.717, 1.165) is 0 Å². The molecular formula is C9H10N6O3. The van der Waals surface area contributed by atoms with Gasteiger partial charge in [0.25, 0.3) is 5.91 Å². The fourth-order valence-corrected chi connectivity index (χ4v) is 1.36. The second-order valence-corrected chi connectivity index (χ2v) is 3.31. The van der Waals surface area contributed by atoms with Gasteiger partial charge in [-0.2, -0.15) is 0 Å². The number of nitrogens with two attached hydrogens (primary N) is 2. The molecular weight excluding hydrogens is 240 g/mol. The van der Waals surface area contributed by atoms with Gasteiger partial charge < -0.3 is 16.2 Å². The Kier molecular flexibility index (Phi) is 2.80. The standard InChI is InChI=1S/C9H10N6O3/c1-2-18-8(17)5-7-14-13-4(6(10)16)3-15(7)9(11)12-5/h3H,2H2,1H3,(H2,10,16)(H2,11,12). The number of rotatable bonds is 3. The predicted molar refractivity (Wildman–Crippen MR) is 59.7 cm³/mol. The number of hydrogen-bond acceptors (Lipinski definition) is 7. The highest BCUT2D eigenvalue weighted by atomic mass is 16.5. The SMILES string of the molecule is CCOC(=O)c1nc(N)n2cc(C(N)=O)nnc12. The number of amides is 1. The van der Waals surface area contributed by atoms with Crippen LogP contribution in [0.3, 0.4) is 0 Å². The first-order chi connectivity index (χ1) is 8.54. The van der Waals surface area contributed by atoms with E-state index in [2.05, 4.69) is 15.2 Å². The molecule has 0 aliphatic heterocycles. The van der Waals surface area contributed by atoms with Crippen LogP contribution in [-0.2, 0) is 4.74 Å². The number of carbonyl (C=O) groups excluding carboxylic acids is 2. The molecule has 0 radical (unpaired) electrons. The molecule has 0 fully saturated rings. The molecule has 18 heavy (non-hydrogen) atoms. The molecule has 0 spiro atoms. The Morgan fingerprint density at radius 3 is 2.78 bits per heavy atom. The summed E-state index contributed by atoms with van der Waals surface area (Å²) in [5.74, 6) is -1.42. The summed E-state index contributed by atoms with van der Waals surface area (Å²) in [6, 6.07) is 0. The smallest absolute Gasteiger partial charge is 0.361 e. The normalized spacial score (nSPS) is 10.5. The van der Waals surface area contributed by atoms with Gasteiger partial charge in [0.2, 0.25) is 5.95 Å². The third-order valence-electron chi connectivity index (χ3n) is 2.14. The van der Waals surface area contributed by atoms with Gasteiger partial charge in [0.1, 0.15) is 0 Å². The topological polar surface area (TPSA) is 138 Å². The maximum Gasteiger partial charge on any atom is 0.361 e. The minimum atomic E-state index is -0.754. The molecule has 9 heteroatoms. The quantitative estimate of drug-likeness (QED) is 0.664. The molecule has 0 aromatic carbocycles. The summed E-state index contributed by atoms with van der Waals surface area (Å²) in [5, 5.41) is 7.27. The van der Waals surface area contributed by atoms with Crippen LogP contribution >= 0.6 is 0 Å². The van der Waals surface area contributed by atoms with Crippen molar-refractivity contribution in [3.05, 3.63) is 17.6 Å². The van der Waals surface area contributed by atoms with Crippen LogP contribution in [0.25, 0.3) is 5.65 Å². The van der Waals surface area contributed by atoms with Crippen LogP contribution in [-0.4, -0.2) is 38.1 Å². The summed E-state index contributed by atoms with van der Waals surface area (Å²) in [4.78, 5) is 26.4. The first-order valence-electron chi connectivity index (χ1n) is 5.02. The molecule has 2 rings (SSSR count). The van der Waals surface area contributed by atoms with Gasteiger partial charge in [0.05, 0.1) is 6.61 Å². The van der Waals surface area contributed by atoms with E-state index in [-0.39, 0.29) is 29.6 Å². The Morgan fingerprint density at radius 2 is 2.17 bits per heavy atom. The van der Waals surface area contributed by atoms with Crippen LogP contribution in [0.5, 0.6) is 0 Å². The molecule has 0 aliphatic rings. The summed E-state index contributed by atoms with van der Waals surface area (Å²) in [5.41, 5.74) is 10.6. The van der Waals surface area contributed by atoms with E-state index in [1.807, 2.05) is 0 Å². The Labute approximate surface area is 101 Å². The van der Waals surface area contributed by atoms with Crippen molar-refractivity contribution < 1.29 is 14.3 Å². The summed E-state index contributed by atoms with van der Waals surface area (Å²) in [7, 11) is 0. The fourth-order valence-electron chi connectivity index (χ4n) is 1.36. The van der Waals surface area contributed by atoms with E-state index >= 15 is 0 Å². The van der Waals surface area contributed by atoms with Crippen LogP contribution in [0, 0.1) is 0 Å². The first kappa shape index (κ1) is 11.8. The maximum absolute atomic E-state index is 11.6. The second-order valence-electron chi connectivity index (χ2n) is 3.31. The number of esters is 1. The molecule has 94 valence electrons. The highest BCUT2D eigenvalue weighted by Crippen LogP contribution is 2.13. The molecule has 0 unspecified atom stereocenters. The number of anilines is 1. The zero-order valence-electron chi connectivity index (χ0n) is 9.45. The van der Waals surface area contributed by atoms with Crippen molar-refractivity contribution in [2.45, 2.75) is 6.92 Å². The Morgan fingerprint density at radius 1 is 1.44 bits per heavy atom. The molecule has 0 bridgehead atoms. The Balaban J connectivity index is 2.59. The van der Waals surface area contributed by atoms with Crippen molar-refractivity contribution >= 4 is 23.5 Å². The zero-order valence-corrected chi connectivity index (χ0v) is 9.45. The van der Waals surface area contributed by atoms with Crippen LogP contribution in [0.15, 0.2) is 6.20 Å². The van der Waals surface area contributed by atoms with Crippen LogP contribution in [0.4, 0.5) is 5.95 Å². The minimum absolute atomic E-state index is 0.00884. The minimum Gasteiger partial charge on any atom is -0.461 e. The molecule has 9 nitrogen and oxygen atoms in total. The number of imidazole rings is 1. The lowest BCUT2D eigenvalue weighted by Gasteiger charge is -1.99. The van der Waals surface area contributed by atoms with Gasteiger partial charge in [-0.15, -0.1) is 10.2 Å². The van der Waals surface area contributed by atoms with Gasteiger partial charge in [0, 0.05) is 6.20 Å². The van der Waals surface area contributed by atoms with Crippen molar-refractivity contribution in [1.82, 2.24) is 19.6 Å². The number of ether oxygens (including phenoxy) is 1. The summed E-state index contributed by atoms with van der Waals surface area (Å²) < 4.78 is 6.05. The van der Waals surface area contributed by atoms with Gasteiger partial charge in [-0.25, -0.2) is 9.78 Å². The van der Waals surface area contributed by atoms with Crippen molar-refractivity contribution in [3.63, 3.8) is 0 Å². The molecule has 4 N–H and O–H groups in total. The summed E-state index contributed by atoms with van der Waals surface area (Å²) in [6.07, 6.45) is 1.26. The monoisotopic (exact) mass is 250 g/mol. The highest BCUT2D eigenvalue weighted by molar-refractivity contribution is 5.95. The molecule has 2 heterocycles. The molecule has 2 aromatic heterocycles. The van der Waals surface area contributed by atoms with E-state index in [4.69, 9.17) is 16.2 Å². The molecule has 0 aliphatic carbocycles. The second kappa shape index (κ2) is 4.28. The van der Waals surface area contributed by atoms with Crippen molar-refractivity contribution in [1.29, 1.82) is 0 Å². The number of primary amides is 1. The lowest BCUT2D eigenvalue weighted by molar-refractivity contribution is 0.0522. The third-order valence-corrected chi connectivity index (χ3v) is 2.14. The van der Waals surface area contributed by atoms with Gasteiger partial charge in [-0.1, -0.05) is 0 Å². The number of aromatic nitrogens is 4. The van der Waals surface area contributed by atoms with E-state index in [9.17, 15) is 9.59 Å². The van der Waals surface area contributed by atoms with Gasteiger partial charge in [0.15, 0.2) is 17.0 Å². The molecule has 0 saturated heterocycles. The average Bonchev–Trinajstić information content (AvgIpc) is 2.67. The highest BCUT2D eigenvalue weighted by Gasteiger charge is 2.20. The molecule has 0 saturated carbocycles. The lowest BCUT2D eigenvalue weighted by atomic mass is 10.4. The van der Waals surface area contributed by atoms with Crippen molar-refractivity contribution in [3.8, 4) is 0 Å². The van der Waals surface area contributed by atoms with Crippen molar-refractivity contribution in [2.24, 2.45) is 5.73 Å². The fraction of sp³-hybridized carbons (Fsp3) is 0.222. The van der Waals surface area contributed by atoms with E-state index in [1.54, 1.807) is 6.92 Å². The number of nitrogen functional groups attached to an aromatic ring is 1. The zero-order chi connectivity index (χ0) is 13.3. The number of hydrogen-bond donors (Lipinski definition) is 2. The summed E-state index contributed by atoms with van der Waals surface area (Å²) in [6.45, 7) is 1.86. The average molecular weight is 250 g/mol. The van der Waals surface area contributed by atoms with E-state index in [0.29, 0.717) is 0 Å². The maximum atomic E-state index is 11.6. The van der Waals surface area contributed by atoms with Crippen LogP contribution in [0.1, 0.15) is 27.9 Å². The number of fused-ring (bicyclic) bond motifs is 1. The van der Waals surface area contributed by atoms with Gasteiger partial charge >= 0.3 is 5.97 Å². The lowest BCUT2D eigenvalue weighted by Crippen LogP contribution is -2.15. The molecule has 1 amide bonds. The van der Waals surface area contributed by atoms with Crippen LogP contribution < -0.4 is 11.5 Å². The number of carbonyl (C=O) groups is 2. The largest absolute Gasteiger partial charge is 0.461 e. The van der Waals surface area contributed by atoms with Gasteiger partial charge in [-0.05, 0) is 6.92 Å².